The summed E-state index contributed by atoms with van der Waals surface area (Å²) in [6.07, 6.45) is 1.14. The maximum absolute atomic E-state index is 12.2. The number of anilines is 1. The molecule has 0 atom stereocenters. The van der Waals surface area contributed by atoms with Gasteiger partial charge in [0.05, 0.1) is 5.71 Å². The summed E-state index contributed by atoms with van der Waals surface area (Å²) < 4.78 is 0. The summed E-state index contributed by atoms with van der Waals surface area (Å²) in [7, 11) is 0. The van der Waals surface area contributed by atoms with E-state index < -0.39 is 11.8 Å². The third-order valence-electron chi connectivity index (χ3n) is 4.52. The number of hydrogen-bond acceptors (Lipinski definition) is 4. The van der Waals surface area contributed by atoms with Gasteiger partial charge in [-0.3, -0.25) is 9.59 Å². The molecular formula is C24H23N3O3. The lowest BCUT2D eigenvalue weighted by atomic mass is 10.0. The van der Waals surface area contributed by atoms with Crippen LogP contribution in [0, 0.1) is 6.92 Å². The van der Waals surface area contributed by atoms with Crippen LogP contribution in [-0.4, -0.2) is 22.6 Å². The van der Waals surface area contributed by atoms with Crippen molar-refractivity contribution in [1.29, 1.82) is 0 Å². The van der Waals surface area contributed by atoms with Crippen molar-refractivity contribution in [1.82, 2.24) is 5.43 Å². The Kier molecular flexibility index (Phi) is 6.95. The van der Waals surface area contributed by atoms with Crippen molar-refractivity contribution in [3.05, 3.63) is 95.6 Å². The average molecular weight is 401 g/mol. The molecule has 0 saturated carbocycles. The topological polar surface area (TPSA) is 90.8 Å². The Bertz CT molecular complexity index is 1040. The van der Waals surface area contributed by atoms with Gasteiger partial charge in [-0.05, 0) is 49.6 Å². The molecule has 3 N–H and O–H groups in total. The number of nitrogens with one attached hydrogen (secondary N) is 2. The molecule has 0 aliphatic carbocycles. The van der Waals surface area contributed by atoms with Gasteiger partial charge in [-0.1, -0.05) is 60.2 Å². The van der Waals surface area contributed by atoms with Crippen LogP contribution in [0.4, 0.5) is 5.69 Å². The van der Waals surface area contributed by atoms with E-state index in [1.54, 1.807) is 36.4 Å². The number of hydrazone groups is 1. The summed E-state index contributed by atoms with van der Waals surface area (Å²) in [5, 5.41) is 16.9. The highest BCUT2D eigenvalue weighted by atomic mass is 16.3. The second-order valence-corrected chi connectivity index (χ2v) is 6.82. The minimum Gasteiger partial charge on any atom is -0.507 e. The van der Waals surface area contributed by atoms with Crippen LogP contribution in [0.3, 0.4) is 0 Å². The van der Waals surface area contributed by atoms with E-state index in [9.17, 15) is 14.7 Å². The van der Waals surface area contributed by atoms with E-state index in [4.69, 9.17) is 0 Å². The zero-order valence-corrected chi connectivity index (χ0v) is 16.6. The molecule has 3 aromatic carbocycles. The van der Waals surface area contributed by atoms with Gasteiger partial charge in [0.15, 0.2) is 0 Å². The van der Waals surface area contributed by atoms with E-state index in [1.165, 1.54) is 0 Å². The number of hydrogen-bond donors (Lipinski definition) is 3. The first-order valence-electron chi connectivity index (χ1n) is 9.60. The first-order valence-corrected chi connectivity index (χ1v) is 9.60. The molecule has 0 aliphatic heterocycles. The molecule has 152 valence electrons. The molecule has 0 aromatic heterocycles. The van der Waals surface area contributed by atoms with Crippen LogP contribution in [0.1, 0.15) is 23.1 Å². The lowest BCUT2D eigenvalue weighted by molar-refractivity contribution is -0.136. The molecule has 0 spiro atoms. The largest absolute Gasteiger partial charge is 0.507 e. The molecule has 3 rings (SSSR count). The molecule has 0 heterocycles. The number of nitrogens with zero attached hydrogens (tertiary/aromatic N) is 1. The Morgan fingerprint density at radius 1 is 0.867 bits per heavy atom. The SMILES string of the molecule is Cc1ccc(NC(=O)C(=O)N/N=C(\CCc2ccccc2)c2ccccc2O)cc1. The van der Waals surface area contributed by atoms with Crippen LogP contribution < -0.4 is 10.7 Å². The zero-order valence-electron chi connectivity index (χ0n) is 16.6. The molecule has 0 aliphatic rings. The van der Waals surface area contributed by atoms with Crippen LogP contribution in [-0.2, 0) is 16.0 Å². The molecule has 0 saturated heterocycles. The predicted octanol–water partition coefficient (Wildman–Crippen LogP) is 3.79. The third kappa shape index (κ3) is 5.78. The maximum Gasteiger partial charge on any atom is 0.329 e. The molecule has 0 fully saturated rings. The molecular weight excluding hydrogens is 378 g/mol. The van der Waals surface area contributed by atoms with E-state index in [0.717, 1.165) is 11.1 Å². The van der Waals surface area contributed by atoms with E-state index in [2.05, 4.69) is 15.8 Å². The standard InChI is InChI=1S/C24H23N3O3/c1-17-11-14-19(15-12-17)25-23(29)24(30)27-26-21(20-9-5-6-10-22(20)28)16-13-18-7-3-2-4-8-18/h2-12,14-15,28H,13,16H2,1H3,(H,25,29)(H,27,30)/b26-21+. The number of amides is 2. The van der Waals surface area contributed by atoms with E-state index >= 15 is 0 Å². The fourth-order valence-electron chi connectivity index (χ4n) is 2.87. The second-order valence-electron chi connectivity index (χ2n) is 6.82. The summed E-state index contributed by atoms with van der Waals surface area (Å²) in [5.74, 6) is -1.65. The number of aryl methyl sites for hydroxylation is 2. The number of rotatable bonds is 6. The number of para-hydroxylation sites is 1. The van der Waals surface area contributed by atoms with Gasteiger partial charge in [0, 0.05) is 11.3 Å². The molecule has 30 heavy (non-hydrogen) atoms. The second kappa shape index (κ2) is 10.0. The van der Waals surface area contributed by atoms with Crippen molar-refractivity contribution in [2.45, 2.75) is 19.8 Å². The Morgan fingerprint density at radius 3 is 2.23 bits per heavy atom. The van der Waals surface area contributed by atoms with Crippen LogP contribution in [0.5, 0.6) is 5.75 Å². The van der Waals surface area contributed by atoms with Gasteiger partial charge in [-0.2, -0.15) is 5.10 Å². The van der Waals surface area contributed by atoms with Crippen molar-refractivity contribution in [2.75, 3.05) is 5.32 Å². The van der Waals surface area contributed by atoms with Gasteiger partial charge in [0.25, 0.3) is 0 Å². The summed E-state index contributed by atoms with van der Waals surface area (Å²) >= 11 is 0. The van der Waals surface area contributed by atoms with Crippen molar-refractivity contribution in [3.63, 3.8) is 0 Å². The minimum atomic E-state index is -0.886. The molecule has 6 nitrogen and oxygen atoms in total. The van der Waals surface area contributed by atoms with Gasteiger partial charge in [-0.15, -0.1) is 0 Å². The predicted molar refractivity (Wildman–Crippen MR) is 117 cm³/mol. The van der Waals surface area contributed by atoms with Gasteiger partial charge in [0.2, 0.25) is 0 Å². The molecule has 0 radical (unpaired) electrons. The molecule has 0 bridgehead atoms. The first-order chi connectivity index (χ1) is 14.5. The van der Waals surface area contributed by atoms with Crippen molar-refractivity contribution >= 4 is 23.2 Å². The normalized spacial score (nSPS) is 11.0. The van der Waals surface area contributed by atoms with Crippen LogP contribution in [0.2, 0.25) is 0 Å². The Morgan fingerprint density at radius 2 is 1.53 bits per heavy atom. The van der Waals surface area contributed by atoms with Gasteiger partial charge in [-0.25, -0.2) is 5.43 Å². The first kappa shape index (κ1) is 20.8. The summed E-state index contributed by atoms with van der Waals surface area (Å²) in [6, 6.07) is 23.7. The van der Waals surface area contributed by atoms with Gasteiger partial charge in [0.1, 0.15) is 5.75 Å². The summed E-state index contributed by atoms with van der Waals surface area (Å²) in [5.41, 5.74) is 5.96. The van der Waals surface area contributed by atoms with E-state index in [1.807, 2.05) is 49.4 Å². The molecule has 6 heteroatoms. The Hall–Kier alpha value is -3.93. The third-order valence-corrected chi connectivity index (χ3v) is 4.52. The smallest absolute Gasteiger partial charge is 0.329 e. The molecule has 0 unspecified atom stereocenters. The average Bonchev–Trinajstić information content (AvgIpc) is 2.76. The minimum absolute atomic E-state index is 0.0580. The highest BCUT2D eigenvalue weighted by molar-refractivity contribution is 6.39. The van der Waals surface area contributed by atoms with Crippen molar-refractivity contribution < 1.29 is 14.7 Å². The van der Waals surface area contributed by atoms with Crippen LogP contribution in [0.25, 0.3) is 0 Å². The quantitative estimate of drug-likeness (QED) is 0.333. The number of aromatic hydroxyl groups is 1. The summed E-state index contributed by atoms with van der Waals surface area (Å²) in [4.78, 5) is 24.4. The Labute approximate surface area is 175 Å². The highest BCUT2D eigenvalue weighted by Gasteiger charge is 2.15. The monoisotopic (exact) mass is 401 g/mol. The van der Waals surface area contributed by atoms with Crippen molar-refractivity contribution in [3.8, 4) is 5.75 Å². The number of phenolic OH excluding ortho intramolecular Hbond substituents is 1. The Balaban J connectivity index is 1.71. The lowest BCUT2D eigenvalue weighted by Gasteiger charge is -2.10. The molecule has 2 amide bonds. The highest BCUT2D eigenvalue weighted by Crippen LogP contribution is 2.19. The van der Waals surface area contributed by atoms with Crippen molar-refractivity contribution in [2.24, 2.45) is 5.10 Å². The maximum atomic E-state index is 12.2. The number of benzene rings is 3. The number of carbonyl (C=O) groups is 2. The fourth-order valence-corrected chi connectivity index (χ4v) is 2.87. The van der Waals surface area contributed by atoms with Crippen LogP contribution in [0.15, 0.2) is 84.0 Å². The summed E-state index contributed by atoms with van der Waals surface area (Å²) in [6.45, 7) is 1.93. The fraction of sp³-hybridized carbons (Fsp3) is 0.125. The van der Waals surface area contributed by atoms with Gasteiger partial charge >= 0.3 is 11.8 Å². The number of phenols is 1. The van der Waals surface area contributed by atoms with E-state index in [0.29, 0.717) is 29.8 Å². The molecule has 3 aromatic rings. The number of carbonyl (C=O) groups excluding carboxylic acids is 2. The lowest BCUT2D eigenvalue weighted by Crippen LogP contribution is -2.33. The van der Waals surface area contributed by atoms with E-state index in [-0.39, 0.29) is 5.75 Å². The van der Waals surface area contributed by atoms with Gasteiger partial charge < -0.3 is 10.4 Å². The zero-order chi connectivity index (χ0) is 21.3. The van der Waals surface area contributed by atoms with Crippen LogP contribution >= 0.6 is 0 Å².